The molecule has 1 aliphatic rings. The minimum atomic E-state index is 0.243. The van der Waals surface area contributed by atoms with E-state index in [0.717, 1.165) is 26.2 Å². The smallest absolute Gasteiger partial charge is 0.0898 e. The fourth-order valence-electron chi connectivity index (χ4n) is 2.56. The molecule has 1 atom stereocenters. The lowest BCUT2D eigenvalue weighted by Crippen LogP contribution is -2.42. The van der Waals surface area contributed by atoms with Gasteiger partial charge in [-0.15, -0.1) is 0 Å². The zero-order valence-electron chi connectivity index (χ0n) is 11.0. The first kappa shape index (κ1) is 11.7. The Hall–Kier alpha value is -1.39. The predicted molar refractivity (Wildman–Crippen MR) is 71.7 cm³/mol. The number of nitrogens with zero attached hydrogens (tertiary/aromatic N) is 3. The van der Waals surface area contributed by atoms with Crippen molar-refractivity contribution in [3.8, 4) is 0 Å². The van der Waals surface area contributed by atoms with Crippen molar-refractivity contribution in [1.29, 1.82) is 0 Å². The molecule has 4 nitrogen and oxygen atoms in total. The molecule has 4 heteroatoms. The maximum absolute atomic E-state index is 5.80. The molecule has 96 valence electrons. The average Bonchev–Trinajstić information content (AvgIpc) is 2.74. The lowest BCUT2D eigenvalue weighted by atomic mass is 10.1. The summed E-state index contributed by atoms with van der Waals surface area (Å²) in [5, 5.41) is 5.73. The normalized spacial score (nSPS) is 21.6. The highest BCUT2D eigenvalue weighted by atomic mass is 16.5. The van der Waals surface area contributed by atoms with Gasteiger partial charge >= 0.3 is 0 Å². The third-order valence-corrected chi connectivity index (χ3v) is 3.62. The molecule has 0 N–H and O–H groups in total. The van der Waals surface area contributed by atoms with Crippen LogP contribution in [-0.2, 0) is 11.3 Å². The molecule has 1 unspecified atom stereocenters. The van der Waals surface area contributed by atoms with Crippen molar-refractivity contribution in [2.24, 2.45) is 0 Å². The first-order valence-corrected chi connectivity index (χ1v) is 6.45. The van der Waals surface area contributed by atoms with Crippen LogP contribution in [0.3, 0.4) is 0 Å². The Bertz CT molecular complexity index is 549. The second-order valence-electron chi connectivity index (χ2n) is 5.09. The van der Waals surface area contributed by atoms with Crippen molar-refractivity contribution in [2.45, 2.75) is 19.6 Å². The molecule has 18 heavy (non-hydrogen) atoms. The summed E-state index contributed by atoms with van der Waals surface area (Å²) in [6, 6.07) is 6.34. The minimum Gasteiger partial charge on any atom is -0.374 e. The molecule has 0 saturated carbocycles. The van der Waals surface area contributed by atoms with Gasteiger partial charge < -0.3 is 9.64 Å². The van der Waals surface area contributed by atoms with Crippen LogP contribution in [0.1, 0.15) is 5.56 Å². The largest absolute Gasteiger partial charge is 0.374 e. The molecule has 2 aromatic rings. The van der Waals surface area contributed by atoms with Gasteiger partial charge in [-0.3, -0.25) is 4.68 Å². The van der Waals surface area contributed by atoms with Crippen LogP contribution in [0.2, 0.25) is 0 Å². The van der Waals surface area contributed by atoms with Crippen LogP contribution in [0.4, 0.5) is 0 Å². The first-order chi connectivity index (χ1) is 8.74. The summed E-state index contributed by atoms with van der Waals surface area (Å²) in [4.78, 5) is 2.31. The molecule has 1 aliphatic heterocycles. The van der Waals surface area contributed by atoms with Crippen LogP contribution >= 0.6 is 0 Å². The van der Waals surface area contributed by atoms with Crippen molar-refractivity contribution in [3.63, 3.8) is 0 Å². The number of ether oxygens (including phenoxy) is 1. The van der Waals surface area contributed by atoms with Crippen LogP contribution in [-0.4, -0.2) is 47.5 Å². The highest BCUT2D eigenvalue weighted by Gasteiger charge is 2.19. The summed E-state index contributed by atoms with van der Waals surface area (Å²) in [6.45, 7) is 5.78. The Balaban J connectivity index is 1.84. The van der Waals surface area contributed by atoms with Crippen molar-refractivity contribution in [1.82, 2.24) is 14.7 Å². The summed E-state index contributed by atoms with van der Waals surface area (Å²) in [6.07, 6.45) is 2.20. The summed E-state index contributed by atoms with van der Waals surface area (Å²) < 4.78 is 7.86. The van der Waals surface area contributed by atoms with E-state index in [4.69, 9.17) is 4.74 Å². The molecule has 3 rings (SSSR count). The number of rotatable bonds is 2. The van der Waals surface area contributed by atoms with Crippen molar-refractivity contribution in [2.75, 3.05) is 26.7 Å². The molecule has 1 aromatic heterocycles. The minimum absolute atomic E-state index is 0.243. The number of likely N-dealkylation sites (N-methyl/N-ethyl adjacent to an activating group) is 1. The SMILES string of the molecule is Cc1cccc2c1cnn2CC1CN(C)CCO1. The van der Waals surface area contributed by atoms with E-state index in [9.17, 15) is 0 Å². The number of hydrogen-bond donors (Lipinski definition) is 0. The lowest BCUT2D eigenvalue weighted by molar-refractivity contribution is -0.0284. The monoisotopic (exact) mass is 245 g/mol. The van der Waals surface area contributed by atoms with Gasteiger partial charge in [0, 0.05) is 18.5 Å². The van der Waals surface area contributed by atoms with E-state index in [1.165, 1.54) is 16.5 Å². The fourth-order valence-corrected chi connectivity index (χ4v) is 2.56. The Morgan fingerprint density at radius 2 is 2.33 bits per heavy atom. The standard InChI is InChI=1S/C14H19N3O/c1-11-4-3-5-14-13(11)8-15-17(14)10-12-9-16(2)6-7-18-12/h3-5,8,12H,6-7,9-10H2,1-2H3. The van der Waals surface area contributed by atoms with Gasteiger partial charge in [-0.25, -0.2) is 0 Å². The van der Waals surface area contributed by atoms with Gasteiger partial charge in [0.05, 0.1) is 31.0 Å². The average molecular weight is 245 g/mol. The predicted octanol–water partition coefficient (Wildman–Crippen LogP) is 1.68. The second-order valence-corrected chi connectivity index (χ2v) is 5.09. The van der Waals surface area contributed by atoms with Gasteiger partial charge in [0.15, 0.2) is 0 Å². The van der Waals surface area contributed by atoms with E-state index in [1.807, 2.05) is 6.20 Å². The van der Waals surface area contributed by atoms with Crippen molar-refractivity contribution in [3.05, 3.63) is 30.0 Å². The molecule has 1 fully saturated rings. The molecule has 0 spiro atoms. The molecule has 1 aromatic carbocycles. The van der Waals surface area contributed by atoms with E-state index in [1.54, 1.807) is 0 Å². The third kappa shape index (κ3) is 2.13. The Morgan fingerprint density at radius 1 is 1.44 bits per heavy atom. The van der Waals surface area contributed by atoms with Gasteiger partial charge in [-0.05, 0) is 25.6 Å². The molecule has 2 heterocycles. The Morgan fingerprint density at radius 3 is 3.17 bits per heavy atom. The molecule has 0 amide bonds. The van der Waals surface area contributed by atoms with Crippen molar-refractivity contribution < 1.29 is 4.74 Å². The summed E-state index contributed by atoms with van der Waals surface area (Å²) in [5.74, 6) is 0. The van der Waals surface area contributed by atoms with E-state index in [2.05, 4.69) is 46.9 Å². The van der Waals surface area contributed by atoms with Gasteiger partial charge in [-0.1, -0.05) is 12.1 Å². The molecular formula is C14H19N3O. The van der Waals surface area contributed by atoms with Crippen LogP contribution in [0.5, 0.6) is 0 Å². The van der Waals surface area contributed by atoms with Gasteiger partial charge in [-0.2, -0.15) is 5.10 Å². The molecular weight excluding hydrogens is 226 g/mol. The van der Waals surface area contributed by atoms with Gasteiger partial charge in [0.25, 0.3) is 0 Å². The topological polar surface area (TPSA) is 30.3 Å². The maximum Gasteiger partial charge on any atom is 0.0898 e. The van der Waals surface area contributed by atoms with Gasteiger partial charge in [0.2, 0.25) is 0 Å². The zero-order chi connectivity index (χ0) is 12.5. The molecule has 1 saturated heterocycles. The van der Waals surface area contributed by atoms with Crippen LogP contribution in [0.25, 0.3) is 10.9 Å². The van der Waals surface area contributed by atoms with E-state index >= 15 is 0 Å². The number of morpholine rings is 1. The van der Waals surface area contributed by atoms with Crippen LogP contribution in [0, 0.1) is 6.92 Å². The maximum atomic E-state index is 5.80. The zero-order valence-corrected chi connectivity index (χ0v) is 11.0. The molecule has 0 aliphatic carbocycles. The molecule has 0 radical (unpaired) electrons. The number of benzene rings is 1. The number of fused-ring (bicyclic) bond motifs is 1. The number of aromatic nitrogens is 2. The molecule has 0 bridgehead atoms. The van der Waals surface area contributed by atoms with E-state index in [-0.39, 0.29) is 6.10 Å². The fraction of sp³-hybridized carbons (Fsp3) is 0.500. The summed E-state index contributed by atoms with van der Waals surface area (Å²) in [5.41, 5.74) is 2.48. The van der Waals surface area contributed by atoms with Crippen LogP contribution < -0.4 is 0 Å². The summed E-state index contributed by atoms with van der Waals surface area (Å²) >= 11 is 0. The van der Waals surface area contributed by atoms with E-state index in [0.29, 0.717) is 0 Å². The number of hydrogen-bond acceptors (Lipinski definition) is 3. The quantitative estimate of drug-likeness (QED) is 0.806. The highest BCUT2D eigenvalue weighted by Crippen LogP contribution is 2.18. The summed E-state index contributed by atoms with van der Waals surface area (Å²) in [7, 11) is 2.14. The van der Waals surface area contributed by atoms with E-state index < -0.39 is 0 Å². The van der Waals surface area contributed by atoms with Crippen LogP contribution in [0.15, 0.2) is 24.4 Å². The first-order valence-electron chi connectivity index (χ1n) is 6.45. The lowest BCUT2D eigenvalue weighted by Gasteiger charge is -2.30. The number of aryl methyl sites for hydroxylation is 1. The highest BCUT2D eigenvalue weighted by molar-refractivity contribution is 5.81. The third-order valence-electron chi connectivity index (χ3n) is 3.62. The Kier molecular flexibility index (Phi) is 3.06. The second kappa shape index (κ2) is 4.71. The van der Waals surface area contributed by atoms with Gasteiger partial charge in [0.1, 0.15) is 0 Å². The Labute approximate surface area is 107 Å². The van der Waals surface area contributed by atoms with Crippen molar-refractivity contribution >= 4 is 10.9 Å².